The maximum atomic E-state index is 9.80. The lowest BCUT2D eigenvalue weighted by Crippen LogP contribution is -1.91. The molecule has 0 spiro atoms. The van der Waals surface area contributed by atoms with Gasteiger partial charge in [-0.05, 0) is 36.6 Å². The minimum Gasteiger partial charge on any atom is -0.508 e. The predicted molar refractivity (Wildman–Crippen MR) is 116 cm³/mol. The van der Waals surface area contributed by atoms with E-state index in [0.29, 0.717) is 5.75 Å². The van der Waals surface area contributed by atoms with Gasteiger partial charge in [-0.1, -0.05) is 103 Å². The number of rotatable bonds is 17. The Bertz CT molecular complexity index is 444. The van der Waals surface area contributed by atoms with Crippen molar-refractivity contribution in [1.29, 1.82) is 0 Å². The molecule has 3 N–H and O–H groups in total. The third kappa shape index (κ3) is 12.2. The average molecular weight is 362 g/mol. The maximum absolute atomic E-state index is 9.80. The van der Waals surface area contributed by atoms with Crippen molar-refractivity contribution < 1.29 is 5.11 Å². The summed E-state index contributed by atoms with van der Waals surface area (Å²) in [5.41, 5.74) is 7.52. The molecule has 0 unspecified atom stereocenters. The first-order valence-electron chi connectivity index (χ1n) is 11.3. The highest BCUT2D eigenvalue weighted by molar-refractivity contribution is 5.47. The lowest BCUT2D eigenvalue weighted by Gasteiger charge is -2.06. The maximum Gasteiger partial charge on any atom is 0.118 e. The summed E-state index contributed by atoms with van der Waals surface area (Å²) in [5.74, 6) is 0.389. The smallest absolute Gasteiger partial charge is 0.118 e. The van der Waals surface area contributed by atoms with Gasteiger partial charge in [-0.3, -0.25) is 0 Å². The number of hydrogen-bond acceptors (Lipinski definition) is 2. The van der Waals surface area contributed by atoms with Gasteiger partial charge >= 0.3 is 0 Å². The number of nitrogen functional groups attached to an aromatic ring is 1. The zero-order valence-electron chi connectivity index (χ0n) is 17.3. The van der Waals surface area contributed by atoms with Gasteiger partial charge < -0.3 is 10.8 Å². The highest BCUT2D eigenvalue weighted by atomic mass is 16.3. The van der Waals surface area contributed by atoms with Crippen molar-refractivity contribution in [2.75, 3.05) is 5.73 Å². The topological polar surface area (TPSA) is 46.2 Å². The summed E-state index contributed by atoms with van der Waals surface area (Å²) in [6.07, 6.45) is 23.1. The fraction of sp³-hybridized carbons (Fsp3) is 0.750. The van der Waals surface area contributed by atoms with E-state index < -0.39 is 0 Å². The summed E-state index contributed by atoms with van der Waals surface area (Å²) >= 11 is 0. The Labute approximate surface area is 162 Å². The summed E-state index contributed by atoms with van der Waals surface area (Å²) in [6, 6.07) is 5.37. The molecule has 150 valence electrons. The van der Waals surface area contributed by atoms with Crippen LogP contribution >= 0.6 is 0 Å². The molecule has 0 fully saturated rings. The van der Waals surface area contributed by atoms with Gasteiger partial charge in [0.1, 0.15) is 5.75 Å². The van der Waals surface area contributed by atoms with E-state index in [-0.39, 0.29) is 0 Å². The summed E-state index contributed by atoms with van der Waals surface area (Å²) in [7, 11) is 0. The van der Waals surface area contributed by atoms with Crippen molar-refractivity contribution in [2.24, 2.45) is 0 Å². The number of phenols is 1. The molecule has 1 rings (SSSR count). The van der Waals surface area contributed by atoms with Gasteiger partial charge in [-0.2, -0.15) is 0 Å². The van der Waals surface area contributed by atoms with E-state index in [1.165, 1.54) is 96.3 Å². The van der Waals surface area contributed by atoms with E-state index in [9.17, 15) is 5.11 Å². The van der Waals surface area contributed by atoms with E-state index >= 15 is 0 Å². The highest BCUT2D eigenvalue weighted by Gasteiger charge is 2.01. The Morgan fingerprint density at radius 1 is 0.654 bits per heavy atom. The minimum absolute atomic E-state index is 0.389. The van der Waals surface area contributed by atoms with Crippen LogP contribution in [0.1, 0.15) is 115 Å². The van der Waals surface area contributed by atoms with Crippen molar-refractivity contribution in [2.45, 2.75) is 116 Å². The van der Waals surface area contributed by atoms with E-state index in [1.807, 2.05) is 6.07 Å². The molecule has 0 amide bonds. The Morgan fingerprint density at radius 2 is 1.08 bits per heavy atom. The Morgan fingerprint density at radius 3 is 1.54 bits per heavy atom. The molecule has 0 bridgehead atoms. The number of hydrogen-bond donors (Lipinski definition) is 2. The molecule has 0 aliphatic heterocycles. The second kappa shape index (κ2) is 16.0. The zero-order chi connectivity index (χ0) is 18.9. The molecule has 0 aliphatic rings. The third-order valence-electron chi connectivity index (χ3n) is 5.40. The first-order valence-corrected chi connectivity index (χ1v) is 11.3. The van der Waals surface area contributed by atoms with Crippen LogP contribution in [0, 0.1) is 0 Å². The number of aryl methyl sites for hydroxylation is 1. The van der Waals surface area contributed by atoms with E-state index in [2.05, 4.69) is 6.92 Å². The fourth-order valence-corrected chi connectivity index (χ4v) is 3.67. The van der Waals surface area contributed by atoms with Crippen LogP contribution in [0.25, 0.3) is 0 Å². The van der Waals surface area contributed by atoms with E-state index in [4.69, 9.17) is 5.73 Å². The van der Waals surface area contributed by atoms with E-state index in [1.54, 1.807) is 12.1 Å². The number of phenolic OH excluding ortho intramolecular Hbond substituents is 1. The van der Waals surface area contributed by atoms with Crippen LogP contribution in [-0.2, 0) is 6.42 Å². The molecule has 0 saturated carbocycles. The molecule has 1 aromatic carbocycles. The lowest BCUT2D eigenvalue weighted by atomic mass is 10.0. The molecule has 0 saturated heterocycles. The normalized spacial score (nSPS) is 11.1. The van der Waals surface area contributed by atoms with Gasteiger partial charge in [-0.15, -0.1) is 0 Å². The van der Waals surface area contributed by atoms with Crippen molar-refractivity contribution in [1.82, 2.24) is 0 Å². The Balaban J connectivity index is 1.80. The van der Waals surface area contributed by atoms with Crippen LogP contribution in [0.4, 0.5) is 5.69 Å². The number of nitrogens with two attached hydrogens (primary N) is 1. The molecule has 0 atom stereocenters. The monoisotopic (exact) mass is 361 g/mol. The highest BCUT2D eigenvalue weighted by Crippen LogP contribution is 2.22. The summed E-state index contributed by atoms with van der Waals surface area (Å²) < 4.78 is 0. The standard InChI is InChI=1S/C24H43NO/c1-2-3-4-5-6-7-8-9-10-11-12-13-14-15-16-17-18-22-21-23(25)19-20-24(22)26/h19-21,26H,2-18,25H2,1H3. The van der Waals surface area contributed by atoms with Crippen LogP contribution in [0.2, 0.25) is 0 Å². The first kappa shape index (κ1) is 22.9. The average Bonchev–Trinajstić information content (AvgIpc) is 2.64. The lowest BCUT2D eigenvalue weighted by molar-refractivity contribution is 0.466. The molecule has 2 heteroatoms. The number of benzene rings is 1. The predicted octanol–water partition coefficient (Wildman–Crippen LogP) is 7.78. The van der Waals surface area contributed by atoms with Crippen molar-refractivity contribution in [3.8, 4) is 5.75 Å². The molecule has 0 radical (unpaired) electrons. The second-order valence-corrected chi connectivity index (χ2v) is 7.94. The molecule has 0 heterocycles. The molecule has 0 aliphatic carbocycles. The number of aromatic hydroxyl groups is 1. The van der Waals surface area contributed by atoms with Crippen molar-refractivity contribution >= 4 is 5.69 Å². The minimum atomic E-state index is 0.389. The molecule has 0 aromatic heterocycles. The van der Waals surface area contributed by atoms with Crippen LogP contribution < -0.4 is 5.73 Å². The van der Waals surface area contributed by atoms with E-state index in [0.717, 1.165) is 24.1 Å². The molecule has 1 aromatic rings. The van der Waals surface area contributed by atoms with Crippen LogP contribution in [0.3, 0.4) is 0 Å². The number of unbranched alkanes of at least 4 members (excludes halogenated alkanes) is 15. The first-order chi connectivity index (χ1) is 12.7. The van der Waals surface area contributed by atoms with Gasteiger partial charge in [0.25, 0.3) is 0 Å². The summed E-state index contributed by atoms with van der Waals surface area (Å²) in [6.45, 7) is 2.28. The van der Waals surface area contributed by atoms with Gasteiger partial charge in [-0.25, -0.2) is 0 Å². The molecular formula is C24H43NO. The molecular weight excluding hydrogens is 318 g/mol. The van der Waals surface area contributed by atoms with Gasteiger partial charge in [0.05, 0.1) is 0 Å². The SMILES string of the molecule is CCCCCCCCCCCCCCCCCCc1cc(N)ccc1O. The van der Waals surface area contributed by atoms with Gasteiger partial charge in [0, 0.05) is 5.69 Å². The molecule has 2 nitrogen and oxygen atoms in total. The quantitative estimate of drug-likeness (QED) is 0.169. The van der Waals surface area contributed by atoms with Crippen LogP contribution in [0.15, 0.2) is 18.2 Å². The van der Waals surface area contributed by atoms with Crippen LogP contribution in [-0.4, -0.2) is 5.11 Å². The third-order valence-corrected chi connectivity index (χ3v) is 5.40. The van der Waals surface area contributed by atoms with Crippen molar-refractivity contribution in [3.63, 3.8) is 0 Å². The Hall–Kier alpha value is -1.18. The second-order valence-electron chi connectivity index (χ2n) is 7.94. The number of anilines is 1. The van der Waals surface area contributed by atoms with Gasteiger partial charge in [0.2, 0.25) is 0 Å². The Kier molecular flexibility index (Phi) is 14.1. The summed E-state index contributed by atoms with van der Waals surface area (Å²) in [5, 5.41) is 9.80. The largest absolute Gasteiger partial charge is 0.508 e. The molecule has 26 heavy (non-hydrogen) atoms. The van der Waals surface area contributed by atoms with Gasteiger partial charge in [0.15, 0.2) is 0 Å². The van der Waals surface area contributed by atoms with Crippen LogP contribution in [0.5, 0.6) is 5.75 Å². The fourth-order valence-electron chi connectivity index (χ4n) is 3.67. The zero-order valence-corrected chi connectivity index (χ0v) is 17.3. The summed E-state index contributed by atoms with van der Waals surface area (Å²) in [4.78, 5) is 0. The van der Waals surface area contributed by atoms with Crippen molar-refractivity contribution in [3.05, 3.63) is 23.8 Å².